The van der Waals surface area contributed by atoms with Crippen molar-refractivity contribution in [1.29, 1.82) is 0 Å². The van der Waals surface area contributed by atoms with Gasteiger partial charge in [-0.25, -0.2) is 0 Å². The lowest BCUT2D eigenvalue weighted by Gasteiger charge is -2.32. The van der Waals surface area contributed by atoms with Crippen LogP contribution in [0.2, 0.25) is 0 Å². The molecule has 0 bridgehead atoms. The lowest BCUT2D eigenvalue weighted by atomic mass is 10.3. The van der Waals surface area contributed by atoms with E-state index in [9.17, 15) is 44.6 Å². The Balaban J connectivity index is 2.16. The van der Waals surface area contributed by atoms with Gasteiger partial charge < -0.3 is 20.1 Å². The number of aliphatic carboxylic acids is 3. The largest absolute Gasteiger partial charge is 0.480 e. The molecule has 15 heteroatoms. The number of nitrogens with zero attached hydrogens (tertiary/aromatic N) is 5. The molecule has 204 valence electrons. The number of nitro groups is 1. The standard InChI is InChI=1S/C22H31N5O10/c28-19(29)13-23-5-7-24(14-20(30)31)9-11-26(12-10-25(8-6-23)15-21(32)33)16-22(34)37-18-4-2-1-3-17(18)27(35)36/h1-4H,5-16H2,(H,28,29)(H,30,31)(H,32,33). The van der Waals surface area contributed by atoms with E-state index in [1.807, 2.05) is 0 Å². The number of carboxylic acid groups (broad SMARTS) is 3. The van der Waals surface area contributed by atoms with Crippen molar-refractivity contribution >= 4 is 29.6 Å². The third-order valence-corrected chi connectivity index (χ3v) is 5.64. The molecule has 3 N–H and O–H groups in total. The number of esters is 1. The minimum absolute atomic E-state index is 0.203. The van der Waals surface area contributed by atoms with E-state index in [2.05, 4.69) is 0 Å². The summed E-state index contributed by atoms with van der Waals surface area (Å²) in [6.45, 7) is 0.764. The molecule has 0 aromatic heterocycles. The molecule has 15 nitrogen and oxygen atoms in total. The summed E-state index contributed by atoms with van der Waals surface area (Å²) in [5.41, 5.74) is -0.365. The van der Waals surface area contributed by atoms with Gasteiger partial charge in [0.15, 0.2) is 0 Å². The molecule has 0 unspecified atom stereocenters. The highest BCUT2D eigenvalue weighted by Crippen LogP contribution is 2.25. The van der Waals surface area contributed by atoms with Gasteiger partial charge >= 0.3 is 29.6 Å². The quantitative estimate of drug-likeness (QED) is 0.145. The molecule has 0 spiro atoms. The van der Waals surface area contributed by atoms with Crippen molar-refractivity contribution in [1.82, 2.24) is 19.6 Å². The second-order valence-electron chi connectivity index (χ2n) is 8.48. The van der Waals surface area contributed by atoms with Crippen LogP contribution in [-0.2, 0) is 19.2 Å². The SMILES string of the molecule is O=C(O)CN1CCN(CC(=O)O)CCN(CC(=O)Oc2ccccc2[N+](=O)[O-])CCN(CC(=O)O)CC1. The van der Waals surface area contributed by atoms with Gasteiger partial charge in [-0.15, -0.1) is 0 Å². The normalized spacial score (nSPS) is 17.3. The zero-order chi connectivity index (χ0) is 27.4. The number of ether oxygens (including phenoxy) is 1. The minimum atomic E-state index is -1.06. The van der Waals surface area contributed by atoms with E-state index in [1.54, 1.807) is 19.6 Å². The topological polar surface area (TPSA) is 194 Å². The molecular weight excluding hydrogens is 494 g/mol. The first-order valence-electron chi connectivity index (χ1n) is 11.5. The van der Waals surface area contributed by atoms with E-state index in [-0.39, 0.29) is 90.0 Å². The molecule has 0 radical (unpaired) electrons. The molecule has 1 aromatic carbocycles. The molecule has 1 heterocycles. The Bertz CT molecular complexity index is 943. The summed E-state index contributed by atoms with van der Waals surface area (Å²) in [4.78, 5) is 63.6. The van der Waals surface area contributed by atoms with Crippen molar-refractivity contribution in [3.8, 4) is 5.75 Å². The Morgan fingerprint density at radius 1 is 0.703 bits per heavy atom. The van der Waals surface area contributed by atoms with Crippen LogP contribution < -0.4 is 4.74 Å². The van der Waals surface area contributed by atoms with Gasteiger partial charge in [0.2, 0.25) is 5.75 Å². The fourth-order valence-electron chi connectivity index (χ4n) is 3.82. The molecule has 1 saturated heterocycles. The van der Waals surface area contributed by atoms with Crippen LogP contribution in [0.15, 0.2) is 24.3 Å². The number of nitro benzene ring substituents is 1. The summed E-state index contributed by atoms with van der Waals surface area (Å²) in [5.74, 6) is -4.14. The van der Waals surface area contributed by atoms with Crippen LogP contribution in [0.25, 0.3) is 0 Å². The maximum absolute atomic E-state index is 12.6. The molecule has 0 atom stereocenters. The van der Waals surface area contributed by atoms with Crippen LogP contribution in [0.5, 0.6) is 5.75 Å². The molecular formula is C22H31N5O10. The Hall–Kier alpha value is -3.66. The van der Waals surface area contributed by atoms with E-state index in [0.717, 1.165) is 0 Å². The summed E-state index contributed by atoms with van der Waals surface area (Å²) < 4.78 is 5.22. The monoisotopic (exact) mass is 525 g/mol. The fraction of sp³-hybridized carbons (Fsp3) is 0.545. The highest BCUT2D eigenvalue weighted by molar-refractivity contribution is 5.75. The number of carbonyl (C=O) groups is 4. The molecule has 2 rings (SSSR count). The molecule has 0 amide bonds. The maximum Gasteiger partial charge on any atom is 0.325 e. The van der Waals surface area contributed by atoms with Crippen LogP contribution in [0.4, 0.5) is 5.69 Å². The zero-order valence-electron chi connectivity index (χ0n) is 20.2. The lowest BCUT2D eigenvalue weighted by Crippen LogP contribution is -2.49. The van der Waals surface area contributed by atoms with E-state index >= 15 is 0 Å². The number of carbonyl (C=O) groups excluding carboxylic acids is 1. The predicted octanol–water partition coefficient (Wildman–Crippen LogP) is -1.02. The van der Waals surface area contributed by atoms with E-state index < -0.39 is 28.8 Å². The van der Waals surface area contributed by atoms with Crippen molar-refractivity contribution in [2.75, 3.05) is 78.5 Å². The highest BCUT2D eigenvalue weighted by Gasteiger charge is 2.23. The van der Waals surface area contributed by atoms with Gasteiger partial charge in [-0.1, -0.05) is 12.1 Å². The van der Waals surface area contributed by atoms with Gasteiger partial charge in [0.25, 0.3) is 0 Å². The minimum Gasteiger partial charge on any atom is -0.480 e. The smallest absolute Gasteiger partial charge is 0.325 e. The summed E-state index contributed by atoms with van der Waals surface area (Å²) in [6, 6.07) is 5.45. The van der Waals surface area contributed by atoms with Crippen LogP contribution >= 0.6 is 0 Å². The third-order valence-electron chi connectivity index (χ3n) is 5.64. The van der Waals surface area contributed by atoms with Crippen molar-refractivity contribution in [3.63, 3.8) is 0 Å². The number of rotatable bonds is 10. The summed E-state index contributed by atoms with van der Waals surface area (Å²) >= 11 is 0. The molecule has 0 aliphatic carbocycles. The first-order valence-corrected chi connectivity index (χ1v) is 11.5. The van der Waals surface area contributed by atoms with Gasteiger partial charge in [0, 0.05) is 58.4 Å². The molecule has 1 aromatic rings. The Labute approximate surface area is 212 Å². The molecule has 1 aliphatic rings. The number of carboxylic acids is 3. The van der Waals surface area contributed by atoms with E-state index in [0.29, 0.717) is 0 Å². The maximum atomic E-state index is 12.6. The third kappa shape index (κ3) is 11.3. The number of hydrogen-bond acceptors (Lipinski definition) is 11. The molecule has 0 saturated carbocycles. The molecule has 1 fully saturated rings. The number of hydrogen-bond donors (Lipinski definition) is 3. The van der Waals surface area contributed by atoms with Gasteiger partial charge in [-0.3, -0.25) is 48.9 Å². The van der Waals surface area contributed by atoms with Crippen LogP contribution in [0.3, 0.4) is 0 Å². The summed E-state index contributed by atoms with van der Waals surface area (Å²) in [7, 11) is 0. The first-order chi connectivity index (χ1) is 17.5. The summed E-state index contributed by atoms with van der Waals surface area (Å²) in [5, 5.41) is 39.0. The van der Waals surface area contributed by atoms with Gasteiger partial charge in [0.1, 0.15) is 0 Å². The highest BCUT2D eigenvalue weighted by atomic mass is 16.6. The zero-order valence-corrected chi connectivity index (χ0v) is 20.2. The van der Waals surface area contributed by atoms with Gasteiger partial charge in [-0.05, 0) is 6.07 Å². The van der Waals surface area contributed by atoms with Crippen molar-refractivity contribution in [3.05, 3.63) is 34.4 Å². The fourth-order valence-corrected chi connectivity index (χ4v) is 3.82. The predicted molar refractivity (Wildman–Crippen MR) is 127 cm³/mol. The van der Waals surface area contributed by atoms with Crippen LogP contribution in [-0.4, -0.2) is 142 Å². The van der Waals surface area contributed by atoms with Gasteiger partial charge in [-0.2, -0.15) is 0 Å². The number of para-hydroxylation sites is 2. The Morgan fingerprint density at radius 2 is 1.05 bits per heavy atom. The molecule has 1 aliphatic heterocycles. The van der Waals surface area contributed by atoms with Crippen LogP contribution in [0.1, 0.15) is 0 Å². The van der Waals surface area contributed by atoms with Crippen molar-refractivity contribution in [2.45, 2.75) is 0 Å². The first kappa shape index (κ1) is 29.6. The van der Waals surface area contributed by atoms with Gasteiger partial charge in [0.05, 0.1) is 31.1 Å². The molecule has 37 heavy (non-hydrogen) atoms. The number of benzene rings is 1. The van der Waals surface area contributed by atoms with E-state index in [4.69, 9.17) is 4.74 Å². The van der Waals surface area contributed by atoms with E-state index in [1.165, 1.54) is 24.3 Å². The van der Waals surface area contributed by atoms with Crippen LogP contribution in [0, 0.1) is 10.1 Å². The average Bonchev–Trinajstić information content (AvgIpc) is 2.80. The lowest BCUT2D eigenvalue weighted by molar-refractivity contribution is -0.385. The second-order valence-corrected chi connectivity index (χ2v) is 8.48. The Kier molecular flexibility index (Phi) is 11.8. The van der Waals surface area contributed by atoms with Crippen molar-refractivity contribution in [2.24, 2.45) is 0 Å². The second kappa shape index (κ2) is 14.8. The Morgan fingerprint density at radius 3 is 1.41 bits per heavy atom. The van der Waals surface area contributed by atoms with Crippen molar-refractivity contribution < 1.29 is 44.2 Å². The average molecular weight is 526 g/mol. The summed E-state index contributed by atoms with van der Waals surface area (Å²) in [6.07, 6.45) is 0.